The predicted molar refractivity (Wildman–Crippen MR) is 78.5 cm³/mol. The Morgan fingerprint density at radius 3 is 2.28 bits per heavy atom. The topological polar surface area (TPSA) is 12.9 Å². The van der Waals surface area contributed by atoms with E-state index in [0.29, 0.717) is 0 Å². The Balaban J connectivity index is 2.43. The van der Waals surface area contributed by atoms with Gasteiger partial charge in [-0.2, -0.15) is 0 Å². The molecule has 0 saturated heterocycles. The highest BCUT2D eigenvalue weighted by Gasteiger charge is 2.04. The van der Waals surface area contributed by atoms with Gasteiger partial charge in [-0.05, 0) is 50.5 Å². The van der Waals surface area contributed by atoms with Gasteiger partial charge in [0.15, 0.2) is 0 Å². The van der Waals surface area contributed by atoms with Crippen molar-refractivity contribution in [2.45, 2.75) is 27.7 Å². The molecule has 0 spiro atoms. The van der Waals surface area contributed by atoms with Crippen LogP contribution < -0.4 is 0 Å². The first-order chi connectivity index (χ1) is 8.61. The van der Waals surface area contributed by atoms with Gasteiger partial charge in [0.1, 0.15) is 0 Å². The van der Waals surface area contributed by atoms with Crippen LogP contribution in [0.25, 0.3) is 16.7 Å². The van der Waals surface area contributed by atoms with Gasteiger partial charge in [0.2, 0.25) is 0 Å². The quantitative estimate of drug-likeness (QED) is 0.732. The van der Waals surface area contributed by atoms with Crippen molar-refractivity contribution in [2.75, 3.05) is 0 Å². The summed E-state index contributed by atoms with van der Waals surface area (Å²) in [6.07, 6.45) is 4.06. The van der Waals surface area contributed by atoms with E-state index in [4.69, 9.17) is 0 Å². The molecule has 1 aromatic heterocycles. The van der Waals surface area contributed by atoms with E-state index in [9.17, 15) is 0 Å². The van der Waals surface area contributed by atoms with Crippen molar-refractivity contribution in [3.8, 4) is 11.1 Å². The van der Waals surface area contributed by atoms with Gasteiger partial charge in [0.25, 0.3) is 0 Å². The molecule has 0 aliphatic carbocycles. The molecule has 0 fully saturated rings. The van der Waals surface area contributed by atoms with E-state index in [1.165, 1.54) is 27.8 Å². The van der Waals surface area contributed by atoms with E-state index in [2.05, 4.69) is 62.2 Å². The fourth-order valence-corrected chi connectivity index (χ4v) is 2.03. The Bertz CT molecular complexity index is 577. The van der Waals surface area contributed by atoms with Gasteiger partial charge in [-0.25, -0.2) is 0 Å². The lowest BCUT2D eigenvalue weighted by Gasteiger charge is -2.08. The summed E-state index contributed by atoms with van der Waals surface area (Å²) in [5.41, 5.74) is 7.23. The van der Waals surface area contributed by atoms with Crippen LogP contribution in [0.15, 0.2) is 42.6 Å². The number of aryl methyl sites for hydroxylation is 2. The largest absolute Gasteiger partial charge is 0.256 e. The summed E-state index contributed by atoms with van der Waals surface area (Å²) in [6, 6.07) is 10.8. The van der Waals surface area contributed by atoms with Crippen molar-refractivity contribution in [1.29, 1.82) is 0 Å². The van der Waals surface area contributed by atoms with Crippen LogP contribution in [0.1, 0.15) is 30.7 Å². The van der Waals surface area contributed by atoms with Crippen LogP contribution in [-0.4, -0.2) is 4.98 Å². The highest BCUT2D eigenvalue weighted by Crippen LogP contribution is 2.23. The molecule has 2 rings (SSSR count). The molecule has 18 heavy (non-hydrogen) atoms. The van der Waals surface area contributed by atoms with Crippen LogP contribution in [0.4, 0.5) is 0 Å². The SMILES string of the molecule is C/C=C(/C)c1ncc(-c2ccc(C)cc2)cc1C. The molecule has 0 saturated carbocycles. The summed E-state index contributed by atoms with van der Waals surface area (Å²) in [7, 11) is 0. The van der Waals surface area contributed by atoms with Crippen molar-refractivity contribution in [2.24, 2.45) is 0 Å². The fourth-order valence-electron chi connectivity index (χ4n) is 2.03. The molecular formula is C17H19N. The molecule has 92 valence electrons. The molecule has 0 amide bonds. The number of hydrogen-bond acceptors (Lipinski definition) is 1. The molecule has 1 aromatic carbocycles. The van der Waals surface area contributed by atoms with Crippen LogP contribution in [-0.2, 0) is 0 Å². The maximum atomic E-state index is 4.58. The second-order valence-electron chi connectivity index (χ2n) is 4.73. The number of nitrogens with zero attached hydrogens (tertiary/aromatic N) is 1. The van der Waals surface area contributed by atoms with E-state index in [-0.39, 0.29) is 0 Å². The summed E-state index contributed by atoms with van der Waals surface area (Å²) in [5.74, 6) is 0. The van der Waals surface area contributed by atoms with E-state index in [0.717, 1.165) is 5.69 Å². The number of allylic oxidation sites excluding steroid dienone is 2. The van der Waals surface area contributed by atoms with E-state index >= 15 is 0 Å². The molecule has 0 atom stereocenters. The average Bonchev–Trinajstić information content (AvgIpc) is 2.38. The minimum atomic E-state index is 1.09. The summed E-state index contributed by atoms with van der Waals surface area (Å²) >= 11 is 0. The number of pyridine rings is 1. The van der Waals surface area contributed by atoms with Crippen molar-refractivity contribution < 1.29 is 0 Å². The Morgan fingerprint density at radius 2 is 1.72 bits per heavy atom. The van der Waals surface area contributed by atoms with Gasteiger partial charge in [0, 0.05) is 11.8 Å². The summed E-state index contributed by atoms with van der Waals surface area (Å²) in [5, 5.41) is 0. The zero-order chi connectivity index (χ0) is 13.1. The molecule has 2 aromatic rings. The van der Waals surface area contributed by atoms with Gasteiger partial charge in [0.05, 0.1) is 5.69 Å². The van der Waals surface area contributed by atoms with E-state index < -0.39 is 0 Å². The number of hydrogen-bond donors (Lipinski definition) is 0. The Morgan fingerprint density at radius 1 is 1.06 bits per heavy atom. The first kappa shape index (κ1) is 12.6. The average molecular weight is 237 g/mol. The molecule has 0 N–H and O–H groups in total. The van der Waals surface area contributed by atoms with Crippen molar-refractivity contribution in [3.63, 3.8) is 0 Å². The minimum Gasteiger partial charge on any atom is -0.256 e. The lowest BCUT2D eigenvalue weighted by atomic mass is 10.0. The third-order valence-electron chi connectivity index (χ3n) is 3.27. The van der Waals surface area contributed by atoms with Gasteiger partial charge in [-0.3, -0.25) is 4.98 Å². The lowest BCUT2D eigenvalue weighted by molar-refractivity contribution is 1.21. The second kappa shape index (κ2) is 5.18. The molecule has 0 unspecified atom stereocenters. The Labute approximate surface area is 109 Å². The van der Waals surface area contributed by atoms with Crippen molar-refractivity contribution >= 4 is 5.57 Å². The monoisotopic (exact) mass is 237 g/mol. The van der Waals surface area contributed by atoms with E-state index in [1.807, 2.05) is 13.1 Å². The third-order valence-corrected chi connectivity index (χ3v) is 3.27. The molecule has 1 nitrogen and oxygen atoms in total. The van der Waals surface area contributed by atoms with Crippen molar-refractivity contribution in [3.05, 3.63) is 59.4 Å². The van der Waals surface area contributed by atoms with Crippen LogP contribution >= 0.6 is 0 Å². The van der Waals surface area contributed by atoms with E-state index in [1.54, 1.807) is 0 Å². The first-order valence-corrected chi connectivity index (χ1v) is 6.29. The van der Waals surface area contributed by atoms with Crippen LogP contribution in [0.5, 0.6) is 0 Å². The summed E-state index contributed by atoms with van der Waals surface area (Å²) < 4.78 is 0. The highest BCUT2D eigenvalue weighted by molar-refractivity contribution is 5.69. The number of aromatic nitrogens is 1. The molecule has 0 aliphatic heterocycles. The normalized spacial score (nSPS) is 11.7. The number of rotatable bonds is 2. The molecule has 0 bridgehead atoms. The summed E-state index contributed by atoms with van der Waals surface area (Å²) in [6.45, 7) is 8.37. The molecular weight excluding hydrogens is 218 g/mol. The Hall–Kier alpha value is -1.89. The Kier molecular flexibility index (Phi) is 3.61. The standard InChI is InChI=1S/C17H19N/c1-5-13(3)17-14(4)10-16(11-18-17)15-8-6-12(2)7-9-15/h5-11H,1-4H3/b13-5-. The first-order valence-electron chi connectivity index (χ1n) is 6.29. The molecule has 0 aliphatic rings. The predicted octanol–water partition coefficient (Wildman–Crippen LogP) is 4.79. The molecule has 1 heteroatoms. The maximum absolute atomic E-state index is 4.58. The molecule has 1 heterocycles. The lowest BCUT2D eigenvalue weighted by Crippen LogP contribution is -1.92. The summed E-state index contributed by atoms with van der Waals surface area (Å²) in [4.78, 5) is 4.58. The van der Waals surface area contributed by atoms with Crippen LogP contribution in [0.2, 0.25) is 0 Å². The second-order valence-corrected chi connectivity index (χ2v) is 4.73. The zero-order valence-electron chi connectivity index (χ0n) is 11.5. The van der Waals surface area contributed by atoms with Gasteiger partial charge < -0.3 is 0 Å². The van der Waals surface area contributed by atoms with Crippen LogP contribution in [0, 0.1) is 13.8 Å². The minimum absolute atomic E-state index is 1.09. The zero-order valence-corrected chi connectivity index (χ0v) is 11.5. The third kappa shape index (κ3) is 2.51. The smallest absolute Gasteiger partial charge is 0.0685 e. The van der Waals surface area contributed by atoms with Gasteiger partial charge >= 0.3 is 0 Å². The molecule has 0 radical (unpaired) electrons. The highest BCUT2D eigenvalue weighted by atomic mass is 14.7. The fraction of sp³-hybridized carbons (Fsp3) is 0.235. The van der Waals surface area contributed by atoms with Gasteiger partial charge in [-0.15, -0.1) is 0 Å². The van der Waals surface area contributed by atoms with Gasteiger partial charge in [-0.1, -0.05) is 35.9 Å². The van der Waals surface area contributed by atoms with Crippen LogP contribution in [0.3, 0.4) is 0 Å². The number of benzene rings is 1. The maximum Gasteiger partial charge on any atom is 0.0685 e. The van der Waals surface area contributed by atoms with Crippen molar-refractivity contribution in [1.82, 2.24) is 4.98 Å².